The highest BCUT2D eigenvalue weighted by molar-refractivity contribution is 5.49. The molecule has 0 N–H and O–H groups in total. The van der Waals surface area contributed by atoms with Gasteiger partial charge in [0, 0.05) is 25.0 Å². The first kappa shape index (κ1) is 14.7. The van der Waals surface area contributed by atoms with Crippen LogP contribution < -0.4 is 9.47 Å². The molecule has 1 fully saturated rings. The standard InChI is InChI=1S/C26H33NO3/c1-18(2)12-21-16-27-11-10-20-13-25(28-3)26(29-4)14-22(20)23(27)15-24(21)30-17-19-8-6-5-7-9-19/h5-9,13-14,21,23-24H,1,10-12,15-17H2,2-4H3/t21-,23-,24+/m0/s1/i3D3,4D3. The fraction of sp³-hybridized carbons (Fsp3) is 0.462. The molecule has 0 aromatic heterocycles. The predicted octanol–water partition coefficient (Wildman–Crippen LogP) is 5.17. The number of piperidine rings is 1. The maximum absolute atomic E-state index is 7.56. The average molecular weight is 414 g/mol. The zero-order valence-corrected chi connectivity index (χ0v) is 17.4. The van der Waals surface area contributed by atoms with E-state index in [1.54, 1.807) is 12.1 Å². The number of rotatable bonds is 7. The number of benzene rings is 2. The van der Waals surface area contributed by atoms with Gasteiger partial charge in [0.1, 0.15) is 0 Å². The largest absolute Gasteiger partial charge is 0.493 e. The molecule has 0 aliphatic carbocycles. The summed E-state index contributed by atoms with van der Waals surface area (Å²) in [6, 6.07) is 13.3. The minimum absolute atomic E-state index is 0.00309. The Morgan fingerprint density at radius 1 is 1.17 bits per heavy atom. The number of hydrogen-bond acceptors (Lipinski definition) is 4. The van der Waals surface area contributed by atoms with Gasteiger partial charge in [-0.15, -0.1) is 6.58 Å². The maximum atomic E-state index is 7.56. The van der Waals surface area contributed by atoms with Crippen LogP contribution in [0.5, 0.6) is 11.5 Å². The van der Waals surface area contributed by atoms with Crippen molar-refractivity contribution in [3.63, 3.8) is 0 Å². The number of hydrogen-bond donors (Lipinski definition) is 0. The average Bonchev–Trinajstić information content (AvgIpc) is 2.76. The van der Waals surface area contributed by atoms with Gasteiger partial charge in [-0.1, -0.05) is 35.9 Å². The van der Waals surface area contributed by atoms with Crippen LogP contribution in [0, 0.1) is 5.92 Å². The second kappa shape index (κ2) is 9.23. The van der Waals surface area contributed by atoms with Crippen LogP contribution in [-0.4, -0.2) is 38.2 Å². The third-order valence-electron chi connectivity index (χ3n) is 6.26. The molecule has 4 heteroatoms. The van der Waals surface area contributed by atoms with Crippen molar-refractivity contribution < 1.29 is 22.4 Å². The monoisotopic (exact) mass is 413 g/mol. The van der Waals surface area contributed by atoms with Gasteiger partial charge in [0.15, 0.2) is 11.5 Å². The number of allylic oxidation sites excluding steroid dienone is 1. The molecular weight excluding hydrogens is 374 g/mol. The number of fused-ring (bicyclic) bond motifs is 3. The van der Waals surface area contributed by atoms with Gasteiger partial charge < -0.3 is 14.2 Å². The molecule has 0 spiro atoms. The third-order valence-corrected chi connectivity index (χ3v) is 6.26. The van der Waals surface area contributed by atoms with Crippen molar-refractivity contribution in [2.24, 2.45) is 5.92 Å². The highest BCUT2D eigenvalue weighted by Crippen LogP contribution is 2.44. The molecular formula is C26H33NO3. The first-order valence-corrected chi connectivity index (χ1v) is 10.5. The molecule has 160 valence electrons. The van der Waals surface area contributed by atoms with Crippen molar-refractivity contribution in [1.82, 2.24) is 4.90 Å². The molecule has 2 aromatic carbocycles. The first-order chi connectivity index (χ1) is 16.9. The highest BCUT2D eigenvalue weighted by Gasteiger charge is 2.39. The summed E-state index contributed by atoms with van der Waals surface area (Å²) in [5, 5.41) is 0. The number of nitrogens with zero attached hydrogens (tertiary/aromatic N) is 1. The summed E-state index contributed by atoms with van der Waals surface area (Å²) in [5.41, 5.74) is 4.09. The normalized spacial score (nSPS) is 27.2. The zero-order chi connectivity index (χ0) is 26.1. The van der Waals surface area contributed by atoms with Crippen LogP contribution in [0.1, 0.15) is 50.7 Å². The molecule has 1 saturated heterocycles. The molecule has 0 radical (unpaired) electrons. The molecule has 2 aliphatic heterocycles. The Morgan fingerprint density at radius 2 is 1.93 bits per heavy atom. The lowest BCUT2D eigenvalue weighted by atomic mass is 9.79. The van der Waals surface area contributed by atoms with E-state index >= 15 is 0 Å². The van der Waals surface area contributed by atoms with Gasteiger partial charge in [-0.25, -0.2) is 0 Å². The maximum Gasteiger partial charge on any atom is 0.161 e. The lowest BCUT2D eigenvalue weighted by molar-refractivity contribution is -0.0656. The minimum Gasteiger partial charge on any atom is -0.493 e. The molecule has 30 heavy (non-hydrogen) atoms. The smallest absolute Gasteiger partial charge is 0.161 e. The summed E-state index contributed by atoms with van der Waals surface area (Å²) in [6.07, 6.45) is 2.28. The van der Waals surface area contributed by atoms with Crippen LogP contribution in [0.2, 0.25) is 0 Å². The summed E-state index contributed by atoms with van der Waals surface area (Å²) < 4.78 is 61.9. The fourth-order valence-electron chi connectivity index (χ4n) is 4.87. The number of methoxy groups -OCH3 is 2. The Bertz CT molecular complexity index is 1070. The highest BCUT2D eigenvalue weighted by atomic mass is 16.5. The van der Waals surface area contributed by atoms with E-state index in [1.807, 2.05) is 37.3 Å². The molecule has 3 atom stereocenters. The summed E-state index contributed by atoms with van der Waals surface area (Å²) >= 11 is 0. The van der Waals surface area contributed by atoms with Gasteiger partial charge in [0.05, 0.1) is 35.0 Å². The molecule has 0 bridgehead atoms. The van der Waals surface area contributed by atoms with Crippen molar-refractivity contribution in [1.29, 1.82) is 0 Å². The molecule has 0 saturated carbocycles. The van der Waals surface area contributed by atoms with Crippen molar-refractivity contribution in [3.05, 3.63) is 71.3 Å². The second-order valence-electron chi connectivity index (χ2n) is 8.45. The van der Waals surface area contributed by atoms with Gasteiger partial charge in [0.25, 0.3) is 0 Å². The quantitative estimate of drug-likeness (QED) is 0.586. The predicted molar refractivity (Wildman–Crippen MR) is 120 cm³/mol. The van der Waals surface area contributed by atoms with E-state index in [0.29, 0.717) is 18.9 Å². The number of ether oxygens (including phenoxy) is 3. The van der Waals surface area contributed by atoms with Crippen molar-refractivity contribution >= 4 is 0 Å². The molecule has 4 nitrogen and oxygen atoms in total. The Kier molecular flexibility index (Phi) is 4.51. The fourth-order valence-corrected chi connectivity index (χ4v) is 4.87. The molecule has 0 amide bonds. The van der Waals surface area contributed by atoms with Crippen LogP contribution in [0.4, 0.5) is 0 Å². The van der Waals surface area contributed by atoms with Crippen molar-refractivity contribution in [3.8, 4) is 11.5 Å². The van der Waals surface area contributed by atoms with E-state index in [0.717, 1.165) is 48.2 Å². The van der Waals surface area contributed by atoms with E-state index in [-0.39, 0.29) is 23.6 Å². The molecule has 2 aromatic rings. The SMILES string of the molecule is [2H]C([2H])([2H])Oc1cc2c(cc1OC([2H])([2H])[2H])[C@@H]1C[C@@H](OCc3ccccc3)[C@@H](CC(=C)C)CN1CC2. The Balaban J connectivity index is 1.64. The van der Waals surface area contributed by atoms with Crippen molar-refractivity contribution in [2.45, 2.75) is 44.9 Å². The molecule has 4 rings (SSSR count). The Labute approximate surface area is 188 Å². The van der Waals surface area contributed by atoms with Crippen LogP contribution in [0.15, 0.2) is 54.6 Å². The van der Waals surface area contributed by atoms with E-state index < -0.39 is 14.1 Å². The summed E-state index contributed by atoms with van der Waals surface area (Å²) in [7, 11) is -5.46. The van der Waals surface area contributed by atoms with Crippen LogP contribution in [0.25, 0.3) is 0 Å². The summed E-state index contributed by atoms with van der Waals surface area (Å²) in [4.78, 5) is 2.40. The molecule has 2 aliphatic rings. The Hall–Kier alpha value is -2.30. The van der Waals surface area contributed by atoms with E-state index in [1.165, 1.54) is 0 Å². The lowest BCUT2D eigenvalue weighted by Gasteiger charge is -2.47. The van der Waals surface area contributed by atoms with Crippen molar-refractivity contribution in [2.75, 3.05) is 27.2 Å². The molecule has 0 unspecified atom stereocenters. The Morgan fingerprint density at radius 3 is 2.67 bits per heavy atom. The van der Waals surface area contributed by atoms with Gasteiger partial charge in [-0.2, -0.15) is 0 Å². The van der Waals surface area contributed by atoms with E-state index in [2.05, 4.69) is 11.5 Å². The van der Waals surface area contributed by atoms with E-state index in [9.17, 15) is 0 Å². The van der Waals surface area contributed by atoms with Gasteiger partial charge >= 0.3 is 0 Å². The summed E-state index contributed by atoms with van der Waals surface area (Å²) in [5.74, 6) is 0.129. The summed E-state index contributed by atoms with van der Waals surface area (Å²) in [6.45, 7) is 8.31. The van der Waals surface area contributed by atoms with Gasteiger partial charge in [0.2, 0.25) is 0 Å². The van der Waals surface area contributed by atoms with Crippen LogP contribution in [0.3, 0.4) is 0 Å². The minimum atomic E-state index is -2.74. The van der Waals surface area contributed by atoms with Crippen LogP contribution >= 0.6 is 0 Å². The van der Waals surface area contributed by atoms with Gasteiger partial charge in [-0.3, -0.25) is 4.90 Å². The van der Waals surface area contributed by atoms with Crippen LogP contribution in [-0.2, 0) is 17.8 Å². The second-order valence-corrected chi connectivity index (χ2v) is 8.45. The lowest BCUT2D eigenvalue weighted by Crippen LogP contribution is -2.48. The molecule has 2 heterocycles. The van der Waals surface area contributed by atoms with Gasteiger partial charge in [-0.05, 0) is 55.0 Å². The zero-order valence-electron chi connectivity index (χ0n) is 23.4. The topological polar surface area (TPSA) is 30.9 Å². The van der Waals surface area contributed by atoms with E-state index in [4.69, 9.17) is 22.4 Å². The third kappa shape index (κ3) is 4.40. The first-order valence-electron chi connectivity index (χ1n) is 13.5.